The maximum absolute atomic E-state index is 6.00. The van der Waals surface area contributed by atoms with Crippen LogP contribution in [-0.2, 0) is 6.54 Å². The van der Waals surface area contributed by atoms with E-state index in [-0.39, 0.29) is 12.4 Å². The molecule has 0 aliphatic carbocycles. The fraction of sp³-hybridized carbons (Fsp3) is 0.375. The van der Waals surface area contributed by atoms with Crippen molar-refractivity contribution in [3.8, 4) is 0 Å². The van der Waals surface area contributed by atoms with Gasteiger partial charge < -0.3 is 5.73 Å². The minimum atomic E-state index is 0. The molecule has 0 spiro atoms. The van der Waals surface area contributed by atoms with Crippen LogP contribution in [0.2, 0.25) is 5.02 Å². The number of hydrogen-bond donors (Lipinski definition) is 1. The molecule has 2 N–H and O–H groups in total. The fourth-order valence-electron chi connectivity index (χ4n) is 3.06. The second-order valence-corrected chi connectivity index (χ2v) is 6.87. The van der Waals surface area contributed by atoms with Gasteiger partial charge in [0.05, 0.1) is 5.02 Å². The molecule has 1 aromatic heterocycles. The lowest BCUT2D eigenvalue weighted by Crippen LogP contribution is -2.22. The standard InChI is InChI=1S/C16H19ClN2S.ClH/c17-14-6-15(20-11-14)9-19-8-13(7-18)16(10-19)12-4-2-1-3-5-12;/h1-6,11,13,16H,7-10,18H2;1H/t13-,16+;/m1./s1. The zero-order chi connectivity index (χ0) is 13.9. The van der Waals surface area contributed by atoms with E-state index in [1.165, 1.54) is 10.4 Å². The average Bonchev–Trinajstić information content (AvgIpc) is 3.06. The van der Waals surface area contributed by atoms with E-state index >= 15 is 0 Å². The van der Waals surface area contributed by atoms with E-state index in [0.717, 1.165) is 31.2 Å². The van der Waals surface area contributed by atoms with Crippen LogP contribution < -0.4 is 5.73 Å². The van der Waals surface area contributed by atoms with Crippen LogP contribution in [-0.4, -0.2) is 24.5 Å². The Balaban J connectivity index is 0.00000161. The molecule has 1 saturated heterocycles. The van der Waals surface area contributed by atoms with Gasteiger partial charge in [0.25, 0.3) is 0 Å². The number of rotatable bonds is 4. The lowest BCUT2D eigenvalue weighted by atomic mass is 9.89. The van der Waals surface area contributed by atoms with Crippen molar-refractivity contribution in [1.29, 1.82) is 0 Å². The lowest BCUT2D eigenvalue weighted by Gasteiger charge is -2.16. The summed E-state index contributed by atoms with van der Waals surface area (Å²) in [5, 5.41) is 2.85. The quantitative estimate of drug-likeness (QED) is 0.909. The molecule has 114 valence electrons. The molecule has 2 aromatic rings. The van der Waals surface area contributed by atoms with Crippen molar-refractivity contribution in [3.05, 3.63) is 57.2 Å². The molecule has 2 nitrogen and oxygen atoms in total. The first kappa shape index (κ1) is 16.8. The number of thiophene rings is 1. The summed E-state index contributed by atoms with van der Waals surface area (Å²) in [6.07, 6.45) is 0. The molecule has 3 rings (SSSR count). The molecular weight excluding hydrogens is 323 g/mol. The summed E-state index contributed by atoms with van der Waals surface area (Å²) in [7, 11) is 0. The molecule has 1 fully saturated rings. The summed E-state index contributed by atoms with van der Waals surface area (Å²) in [6.45, 7) is 3.89. The van der Waals surface area contributed by atoms with Gasteiger partial charge in [-0.1, -0.05) is 41.9 Å². The van der Waals surface area contributed by atoms with Crippen LogP contribution in [0, 0.1) is 5.92 Å². The summed E-state index contributed by atoms with van der Waals surface area (Å²) in [4.78, 5) is 3.83. The molecule has 0 radical (unpaired) electrons. The Morgan fingerprint density at radius 2 is 2.00 bits per heavy atom. The van der Waals surface area contributed by atoms with Crippen LogP contribution in [0.5, 0.6) is 0 Å². The first-order valence-electron chi connectivity index (χ1n) is 6.96. The van der Waals surface area contributed by atoms with E-state index < -0.39 is 0 Å². The zero-order valence-electron chi connectivity index (χ0n) is 11.7. The SMILES string of the molecule is Cl.NC[C@@H]1CN(Cc2cc(Cl)cs2)C[C@H]1c1ccccc1. The number of likely N-dealkylation sites (tertiary alicyclic amines) is 1. The van der Waals surface area contributed by atoms with E-state index in [9.17, 15) is 0 Å². The number of hydrogen-bond acceptors (Lipinski definition) is 3. The Labute approximate surface area is 141 Å². The minimum Gasteiger partial charge on any atom is -0.330 e. The minimum absolute atomic E-state index is 0. The van der Waals surface area contributed by atoms with Crippen molar-refractivity contribution in [2.75, 3.05) is 19.6 Å². The second kappa shape index (κ2) is 7.61. The molecule has 1 aromatic carbocycles. The highest BCUT2D eigenvalue weighted by Gasteiger charge is 2.32. The van der Waals surface area contributed by atoms with Gasteiger partial charge in [0.1, 0.15) is 0 Å². The smallest absolute Gasteiger partial charge is 0.0516 e. The van der Waals surface area contributed by atoms with Gasteiger partial charge >= 0.3 is 0 Å². The third-order valence-corrected chi connectivity index (χ3v) is 5.32. The number of nitrogens with zero attached hydrogens (tertiary/aromatic N) is 1. The van der Waals surface area contributed by atoms with E-state index in [1.807, 2.05) is 5.38 Å². The predicted octanol–water partition coefficient (Wildman–Crippen LogP) is 4.00. The largest absolute Gasteiger partial charge is 0.330 e. The summed E-state index contributed by atoms with van der Waals surface area (Å²) in [5.74, 6) is 1.10. The lowest BCUT2D eigenvalue weighted by molar-refractivity contribution is 0.319. The first-order valence-corrected chi connectivity index (χ1v) is 8.22. The van der Waals surface area contributed by atoms with Crippen LogP contribution in [0.4, 0.5) is 0 Å². The van der Waals surface area contributed by atoms with E-state index in [2.05, 4.69) is 41.3 Å². The number of halogens is 2. The van der Waals surface area contributed by atoms with E-state index in [4.69, 9.17) is 17.3 Å². The fourth-order valence-corrected chi connectivity index (χ4v) is 4.18. The van der Waals surface area contributed by atoms with Gasteiger partial charge in [-0.2, -0.15) is 0 Å². The van der Waals surface area contributed by atoms with Crippen molar-refractivity contribution >= 4 is 35.3 Å². The summed E-state index contributed by atoms with van der Waals surface area (Å²) >= 11 is 7.74. The molecule has 1 aliphatic heterocycles. The monoisotopic (exact) mass is 342 g/mol. The normalized spacial score (nSPS) is 22.2. The topological polar surface area (TPSA) is 29.3 Å². The Hall–Kier alpha value is -0.580. The van der Waals surface area contributed by atoms with Gasteiger partial charge in [-0.25, -0.2) is 0 Å². The average molecular weight is 343 g/mol. The zero-order valence-corrected chi connectivity index (χ0v) is 14.1. The molecule has 21 heavy (non-hydrogen) atoms. The van der Waals surface area contributed by atoms with Crippen LogP contribution >= 0.6 is 35.3 Å². The molecule has 2 heterocycles. The summed E-state index contributed by atoms with van der Waals surface area (Å²) < 4.78 is 0. The van der Waals surface area contributed by atoms with Crippen molar-refractivity contribution in [2.45, 2.75) is 12.5 Å². The Bertz CT molecular complexity index is 558. The van der Waals surface area contributed by atoms with Crippen LogP contribution in [0.25, 0.3) is 0 Å². The van der Waals surface area contributed by atoms with Crippen molar-refractivity contribution < 1.29 is 0 Å². The maximum atomic E-state index is 6.00. The summed E-state index contributed by atoms with van der Waals surface area (Å²) in [5.41, 5.74) is 7.39. The summed E-state index contributed by atoms with van der Waals surface area (Å²) in [6, 6.07) is 12.8. The molecule has 5 heteroatoms. The third-order valence-electron chi connectivity index (χ3n) is 4.05. The van der Waals surface area contributed by atoms with Gasteiger partial charge in [-0.3, -0.25) is 4.90 Å². The van der Waals surface area contributed by atoms with Crippen molar-refractivity contribution in [2.24, 2.45) is 11.7 Å². The van der Waals surface area contributed by atoms with Gasteiger partial charge in [0.15, 0.2) is 0 Å². The van der Waals surface area contributed by atoms with Crippen molar-refractivity contribution in [3.63, 3.8) is 0 Å². The Morgan fingerprint density at radius 1 is 1.24 bits per heavy atom. The first-order chi connectivity index (χ1) is 9.76. The van der Waals surface area contributed by atoms with Gasteiger partial charge in [-0.15, -0.1) is 23.7 Å². The van der Waals surface area contributed by atoms with Gasteiger partial charge in [0, 0.05) is 35.8 Å². The highest BCUT2D eigenvalue weighted by molar-refractivity contribution is 7.10. The van der Waals surface area contributed by atoms with Crippen LogP contribution in [0.1, 0.15) is 16.4 Å². The van der Waals surface area contributed by atoms with E-state index in [1.54, 1.807) is 11.3 Å². The highest BCUT2D eigenvalue weighted by atomic mass is 35.5. The third kappa shape index (κ3) is 3.99. The molecule has 1 aliphatic rings. The molecular formula is C16H20Cl2N2S. The number of nitrogens with two attached hydrogens (primary N) is 1. The van der Waals surface area contributed by atoms with Crippen LogP contribution in [0.3, 0.4) is 0 Å². The molecule has 0 bridgehead atoms. The Kier molecular flexibility index (Phi) is 6.08. The van der Waals surface area contributed by atoms with Gasteiger partial charge in [0.2, 0.25) is 0 Å². The van der Waals surface area contributed by atoms with Crippen LogP contribution in [0.15, 0.2) is 41.8 Å². The van der Waals surface area contributed by atoms with Gasteiger partial charge in [-0.05, 0) is 24.1 Å². The van der Waals surface area contributed by atoms with E-state index in [0.29, 0.717) is 11.8 Å². The second-order valence-electron chi connectivity index (χ2n) is 5.44. The maximum Gasteiger partial charge on any atom is 0.0516 e. The molecule has 0 saturated carbocycles. The van der Waals surface area contributed by atoms with Crippen molar-refractivity contribution in [1.82, 2.24) is 4.90 Å². The number of benzene rings is 1. The molecule has 2 atom stereocenters. The predicted molar refractivity (Wildman–Crippen MR) is 93.6 cm³/mol. The highest BCUT2D eigenvalue weighted by Crippen LogP contribution is 2.33. The molecule has 0 amide bonds. The Morgan fingerprint density at radius 3 is 2.62 bits per heavy atom. The molecule has 0 unspecified atom stereocenters.